The second kappa shape index (κ2) is 8.72. The van der Waals surface area contributed by atoms with Crippen LogP contribution in [0.15, 0.2) is 95.5 Å². The number of furan rings is 1. The summed E-state index contributed by atoms with van der Waals surface area (Å²) in [4.78, 5) is 0. The molecule has 37 heavy (non-hydrogen) atoms. The molecule has 0 amide bonds. The molecule has 0 saturated carbocycles. The number of nitrogens with zero attached hydrogens (tertiary/aromatic N) is 2. The lowest BCUT2D eigenvalue weighted by molar-refractivity contribution is -0.662. The van der Waals surface area contributed by atoms with Gasteiger partial charge >= 0.3 is 0 Å². The highest BCUT2D eigenvalue weighted by Crippen LogP contribution is 2.42. The van der Waals surface area contributed by atoms with Crippen LogP contribution in [0, 0.1) is 30.9 Å². The van der Waals surface area contributed by atoms with Gasteiger partial charge < -0.3 is 4.42 Å². The van der Waals surface area contributed by atoms with Crippen LogP contribution in [0.2, 0.25) is 0 Å². The Hall–Kier alpha value is -4.75. The van der Waals surface area contributed by atoms with Crippen molar-refractivity contribution >= 4 is 21.9 Å². The lowest BCUT2D eigenvalue weighted by Crippen LogP contribution is -2.31. The number of nitriles is 1. The minimum atomic E-state index is -2.61. The van der Waals surface area contributed by atoms with Crippen molar-refractivity contribution in [3.8, 4) is 39.6 Å². The molecule has 2 aromatic heterocycles. The Morgan fingerprint density at radius 1 is 0.811 bits per heavy atom. The number of benzene rings is 4. The van der Waals surface area contributed by atoms with Gasteiger partial charge in [0.05, 0.1) is 17.2 Å². The van der Waals surface area contributed by atoms with Gasteiger partial charge in [-0.15, -0.1) is 0 Å². The highest BCUT2D eigenvalue weighted by Gasteiger charge is 2.24. The Morgan fingerprint density at radius 2 is 1.51 bits per heavy atom. The van der Waals surface area contributed by atoms with Crippen LogP contribution >= 0.6 is 0 Å². The van der Waals surface area contributed by atoms with Crippen LogP contribution in [0.25, 0.3) is 55.4 Å². The van der Waals surface area contributed by atoms with Crippen molar-refractivity contribution in [2.75, 3.05) is 0 Å². The quantitative estimate of drug-likeness (QED) is 0.238. The summed E-state index contributed by atoms with van der Waals surface area (Å²) in [7, 11) is 1.68. The molecule has 0 aliphatic rings. The average molecular weight is 487 g/mol. The van der Waals surface area contributed by atoms with Crippen LogP contribution in [0.4, 0.5) is 4.39 Å². The summed E-state index contributed by atoms with van der Waals surface area (Å²) in [6.45, 7) is -0.702. The van der Waals surface area contributed by atoms with E-state index >= 15 is 0 Å². The molecule has 4 aromatic carbocycles. The molecule has 0 aliphatic carbocycles. The summed E-state index contributed by atoms with van der Waals surface area (Å²) in [5.41, 5.74) is 6.88. The first-order valence-corrected chi connectivity index (χ1v) is 11.9. The van der Waals surface area contributed by atoms with Gasteiger partial charge in [-0.1, -0.05) is 60.7 Å². The molecule has 0 fully saturated rings. The van der Waals surface area contributed by atoms with E-state index < -0.39 is 12.7 Å². The van der Waals surface area contributed by atoms with Gasteiger partial charge in [-0.3, -0.25) is 0 Å². The Bertz CT molecular complexity index is 1990. The monoisotopic (exact) mass is 486 g/mol. The van der Waals surface area contributed by atoms with E-state index in [1.165, 1.54) is 12.3 Å². The van der Waals surface area contributed by atoms with Gasteiger partial charge in [0.2, 0.25) is 11.9 Å². The van der Waals surface area contributed by atoms with Crippen molar-refractivity contribution in [1.29, 1.82) is 5.26 Å². The first kappa shape index (κ1) is 19.4. The summed E-state index contributed by atoms with van der Waals surface area (Å²) in [5.74, 6) is -0.792. The van der Waals surface area contributed by atoms with E-state index in [4.69, 9.17) is 8.53 Å². The third-order valence-corrected chi connectivity index (χ3v) is 6.88. The van der Waals surface area contributed by atoms with Crippen LogP contribution in [-0.4, -0.2) is 0 Å². The minimum Gasteiger partial charge on any atom is -0.454 e. The van der Waals surface area contributed by atoms with E-state index in [1.807, 2.05) is 79.7 Å². The zero-order chi connectivity index (χ0) is 28.2. The van der Waals surface area contributed by atoms with Gasteiger partial charge in [0.1, 0.15) is 18.2 Å². The number of pyridine rings is 1. The SMILES string of the molecule is [2H]C([2H])([2H])c1cc(-c2c(C)ccc3c2oc2c(-c4cccc(-c5ccccc5)c4)c(C#N)ccc23)[n+](C)cc1F. The van der Waals surface area contributed by atoms with E-state index in [1.54, 1.807) is 17.7 Å². The number of halogens is 1. The summed E-state index contributed by atoms with van der Waals surface area (Å²) in [5, 5.41) is 11.7. The molecule has 0 N–H and O–H groups in total. The molecule has 3 nitrogen and oxygen atoms in total. The first-order valence-electron chi connectivity index (χ1n) is 13.4. The molecule has 6 aromatic rings. The lowest BCUT2D eigenvalue weighted by atomic mass is 9.94. The maximum atomic E-state index is 14.7. The number of aromatic nitrogens is 1. The van der Waals surface area contributed by atoms with Crippen LogP contribution < -0.4 is 4.57 Å². The second-order valence-corrected chi connectivity index (χ2v) is 9.19. The van der Waals surface area contributed by atoms with E-state index in [0.717, 1.165) is 33.0 Å². The van der Waals surface area contributed by atoms with Crippen molar-refractivity contribution in [2.24, 2.45) is 7.05 Å². The molecule has 6 rings (SSSR count). The largest absolute Gasteiger partial charge is 0.454 e. The maximum absolute atomic E-state index is 14.7. The Kier molecular flexibility index (Phi) is 4.58. The van der Waals surface area contributed by atoms with Gasteiger partial charge in [-0.25, -0.2) is 4.39 Å². The molecule has 0 unspecified atom stereocenters. The van der Waals surface area contributed by atoms with Gasteiger partial charge in [-0.2, -0.15) is 9.83 Å². The van der Waals surface area contributed by atoms with Crippen LogP contribution in [0.5, 0.6) is 0 Å². The topological polar surface area (TPSA) is 40.8 Å². The zero-order valence-corrected chi connectivity index (χ0v) is 20.3. The highest BCUT2D eigenvalue weighted by atomic mass is 19.1. The van der Waals surface area contributed by atoms with Crippen LogP contribution in [-0.2, 0) is 7.05 Å². The summed E-state index contributed by atoms with van der Waals surface area (Å²) >= 11 is 0. The van der Waals surface area contributed by atoms with E-state index in [9.17, 15) is 9.65 Å². The van der Waals surface area contributed by atoms with Crippen molar-refractivity contribution in [2.45, 2.75) is 13.8 Å². The number of hydrogen-bond donors (Lipinski definition) is 0. The molecule has 0 aliphatic heterocycles. The van der Waals surface area contributed by atoms with Crippen molar-refractivity contribution in [3.05, 3.63) is 114 Å². The van der Waals surface area contributed by atoms with Gasteiger partial charge in [0.15, 0.2) is 5.82 Å². The van der Waals surface area contributed by atoms with Crippen molar-refractivity contribution in [3.63, 3.8) is 0 Å². The molecule has 178 valence electrons. The number of aryl methyl sites for hydroxylation is 3. The van der Waals surface area contributed by atoms with Crippen LogP contribution in [0.3, 0.4) is 0 Å². The predicted octanol–water partition coefficient (Wildman–Crippen LogP) is 8.04. The Morgan fingerprint density at radius 3 is 2.27 bits per heavy atom. The fourth-order valence-electron chi connectivity index (χ4n) is 5.05. The van der Waals surface area contributed by atoms with E-state index in [-0.39, 0.29) is 5.56 Å². The molecule has 0 saturated heterocycles. The molecule has 0 atom stereocenters. The summed E-state index contributed by atoms with van der Waals surface area (Å²) in [6, 6.07) is 29.3. The average Bonchev–Trinajstić information content (AvgIpc) is 3.31. The number of fused-ring (bicyclic) bond motifs is 3. The highest BCUT2D eigenvalue weighted by molar-refractivity contribution is 6.14. The molecule has 4 heteroatoms. The van der Waals surface area contributed by atoms with Crippen molar-refractivity contribution in [1.82, 2.24) is 0 Å². The second-order valence-electron chi connectivity index (χ2n) is 9.19. The predicted molar refractivity (Wildman–Crippen MR) is 145 cm³/mol. The third-order valence-electron chi connectivity index (χ3n) is 6.88. The Balaban J connectivity index is 1.65. The van der Waals surface area contributed by atoms with E-state index in [2.05, 4.69) is 6.07 Å². The summed E-state index contributed by atoms with van der Waals surface area (Å²) < 4.78 is 46.3. The lowest BCUT2D eigenvalue weighted by Gasteiger charge is -2.08. The fraction of sp³-hybridized carbons (Fsp3) is 0.0909. The maximum Gasteiger partial charge on any atom is 0.216 e. The molecule has 0 radical (unpaired) electrons. The molecule has 2 heterocycles. The standard InChI is InChI=1S/C33H24FN2O/c1-20-12-14-26-27-15-13-25(18-35)31(24-11-7-10-23(17-24)22-8-5-4-6-9-22)33(27)37-32(26)30(20)29-16-21(2)28(34)19-36(29)3/h4-17,19H,1-3H3/q+1/i2D3. The Labute approximate surface area is 218 Å². The number of hydrogen-bond acceptors (Lipinski definition) is 2. The van der Waals surface area contributed by atoms with Crippen molar-refractivity contribution < 1.29 is 17.5 Å². The normalized spacial score (nSPS) is 12.8. The van der Waals surface area contributed by atoms with Crippen LogP contribution in [0.1, 0.15) is 20.8 Å². The number of rotatable bonds is 3. The zero-order valence-electron chi connectivity index (χ0n) is 23.3. The van der Waals surface area contributed by atoms with E-state index in [0.29, 0.717) is 33.6 Å². The molecular weight excluding hydrogens is 459 g/mol. The third kappa shape index (κ3) is 3.68. The fourth-order valence-corrected chi connectivity index (χ4v) is 5.05. The first-order chi connectivity index (χ1) is 19.2. The summed E-state index contributed by atoms with van der Waals surface area (Å²) in [6.07, 6.45) is 1.19. The smallest absolute Gasteiger partial charge is 0.216 e. The molecule has 0 spiro atoms. The molecular formula is C33H24FN2O+. The minimum absolute atomic E-state index is 0.349. The molecule has 0 bridgehead atoms. The van der Waals surface area contributed by atoms with Gasteiger partial charge in [0.25, 0.3) is 0 Å². The van der Waals surface area contributed by atoms with Gasteiger partial charge in [0, 0.05) is 26.5 Å². The van der Waals surface area contributed by atoms with Gasteiger partial charge in [-0.05, 0) is 59.8 Å².